The molecule has 108 valence electrons. The van der Waals surface area contributed by atoms with Crippen molar-refractivity contribution >= 4 is 22.7 Å². The Hall–Kier alpha value is -1.85. The van der Waals surface area contributed by atoms with E-state index in [4.69, 9.17) is 4.42 Å². The number of thioether (sulfide) groups is 1. The Morgan fingerprint density at radius 1 is 1.19 bits per heavy atom. The first-order valence-electron chi connectivity index (χ1n) is 6.94. The van der Waals surface area contributed by atoms with E-state index < -0.39 is 0 Å². The standard InChI is InChI=1S/C16H17N3OS/c1-12(15-7-4-9-20-15)17-8-10-21-16-13-5-2-3-6-14(13)18-11-19-16/h2-7,9,11-12,17H,8,10H2,1H3. The number of fused-ring (bicyclic) bond motifs is 1. The smallest absolute Gasteiger partial charge is 0.120 e. The van der Waals surface area contributed by atoms with E-state index in [0.29, 0.717) is 0 Å². The maximum atomic E-state index is 5.38. The van der Waals surface area contributed by atoms with Gasteiger partial charge in [0.2, 0.25) is 0 Å². The Morgan fingerprint density at radius 2 is 2.10 bits per heavy atom. The van der Waals surface area contributed by atoms with E-state index in [1.54, 1.807) is 24.4 Å². The molecule has 0 radical (unpaired) electrons. The van der Waals surface area contributed by atoms with Crippen LogP contribution in [0.5, 0.6) is 0 Å². The van der Waals surface area contributed by atoms with Crippen molar-refractivity contribution in [2.45, 2.75) is 18.0 Å². The van der Waals surface area contributed by atoms with E-state index in [1.165, 1.54) is 0 Å². The van der Waals surface area contributed by atoms with E-state index in [-0.39, 0.29) is 6.04 Å². The minimum atomic E-state index is 0.225. The maximum Gasteiger partial charge on any atom is 0.120 e. The quantitative estimate of drug-likeness (QED) is 0.427. The van der Waals surface area contributed by atoms with Crippen molar-refractivity contribution in [3.8, 4) is 0 Å². The molecular formula is C16H17N3OS. The van der Waals surface area contributed by atoms with Crippen LogP contribution in [0.2, 0.25) is 0 Å². The number of rotatable bonds is 6. The summed E-state index contributed by atoms with van der Waals surface area (Å²) in [5.74, 6) is 1.92. The predicted molar refractivity (Wildman–Crippen MR) is 85.4 cm³/mol. The van der Waals surface area contributed by atoms with Crippen molar-refractivity contribution in [3.63, 3.8) is 0 Å². The van der Waals surface area contributed by atoms with Crippen molar-refractivity contribution in [2.24, 2.45) is 0 Å². The van der Waals surface area contributed by atoms with Gasteiger partial charge in [-0.15, -0.1) is 11.8 Å². The largest absolute Gasteiger partial charge is 0.468 e. The first-order valence-corrected chi connectivity index (χ1v) is 7.92. The third kappa shape index (κ3) is 3.43. The molecule has 0 bridgehead atoms. The Balaban J connectivity index is 1.55. The molecule has 2 heterocycles. The van der Waals surface area contributed by atoms with Gasteiger partial charge in [0.25, 0.3) is 0 Å². The average molecular weight is 299 g/mol. The van der Waals surface area contributed by atoms with Gasteiger partial charge in [0.1, 0.15) is 17.1 Å². The molecule has 5 heteroatoms. The molecule has 0 fully saturated rings. The predicted octanol–water partition coefficient (Wildman–Crippen LogP) is 3.67. The number of hydrogen-bond acceptors (Lipinski definition) is 5. The van der Waals surface area contributed by atoms with Crippen molar-refractivity contribution in [1.29, 1.82) is 0 Å². The summed E-state index contributed by atoms with van der Waals surface area (Å²) >= 11 is 1.74. The molecule has 0 aliphatic rings. The molecule has 1 atom stereocenters. The molecule has 0 spiro atoms. The van der Waals surface area contributed by atoms with Gasteiger partial charge in [-0.1, -0.05) is 18.2 Å². The summed E-state index contributed by atoms with van der Waals surface area (Å²) in [4.78, 5) is 8.66. The topological polar surface area (TPSA) is 51.0 Å². The van der Waals surface area contributed by atoms with Crippen molar-refractivity contribution in [1.82, 2.24) is 15.3 Å². The number of furan rings is 1. The van der Waals surface area contributed by atoms with Crippen LogP contribution >= 0.6 is 11.8 Å². The maximum absolute atomic E-state index is 5.38. The monoisotopic (exact) mass is 299 g/mol. The van der Waals surface area contributed by atoms with Gasteiger partial charge in [0.05, 0.1) is 17.8 Å². The highest BCUT2D eigenvalue weighted by Crippen LogP contribution is 2.23. The number of aromatic nitrogens is 2. The molecule has 1 unspecified atom stereocenters. The molecule has 0 saturated carbocycles. The highest BCUT2D eigenvalue weighted by Gasteiger charge is 2.07. The fourth-order valence-corrected chi connectivity index (χ4v) is 3.02. The SMILES string of the molecule is CC(NCCSc1ncnc2ccccc12)c1ccco1. The highest BCUT2D eigenvalue weighted by molar-refractivity contribution is 7.99. The second-order valence-electron chi connectivity index (χ2n) is 4.74. The summed E-state index contributed by atoms with van der Waals surface area (Å²) in [7, 11) is 0. The fourth-order valence-electron chi connectivity index (χ4n) is 2.16. The van der Waals surface area contributed by atoms with Crippen LogP contribution in [0.4, 0.5) is 0 Å². The van der Waals surface area contributed by atoms with E-state index in [9.17, 15) is 0 Å². The molecule has 0 aliphatic heterocycles. The zero-order chi connectivity index (χ0) is 14.5. The third-order valence-electron chi connectivity index (χ3n) is 3.27. The molecule has 2 aromatic heterocycles. The van der Waals surface area contributed by atoms with E-state index >= 15 is 0 Å². The normalized spacial score (nSPS) is 12.6. The van der Waals surface area contributed by atoms with Gasteiger partial charge in [-0.05, 0) is 25.1 Å². The van der Waals surface area contributed by atoms with Crippen LogP contribution in [0.3, 0.4) is 0 Å². The molecule has 0 amide bonds. The molecule has 0 aliphatic carbocycles. The summed E-state index contributed by atoms with van der Waals surface area (Å²) in [6.45, 7) is 2.99. The highest BCUT2D eigenvalue weighted by atomic mass is 32.2. The van der Waals surface area contributed by atoms with Gasteiger partial charge in [-0.2, -0.15) is 0 Å². The summed E-state index contributed by atoms with van der Waals surface area (Å²) in [6.07, 6.45) is 3.33. The van der Waals surface area contributed by atoms with Gasteiger partial charge >= 0.3 is 0 Å². The molecule has 0 saturated heterocycles. The lowest BCUT2D eigenvalue weighted by Gasteiger charge is -2.11. The van der Waals surface area contributed by atoms with Crippen molar-refractivity contribution in [2.75, 3.05) is 12.3 Å². The van der Waals surface area contributed by atoms with Gasteiger partial charge in [0, 0.05) is 17.7 Å². The number of hydrogen-bond donors (Lipinski definition) is 1. The van der Waals surface area contributed by atoms with E-state index in [0.717, 1.165) is 34.0 Å². The van der Waals surface area contributed by atoms with Crippen LogP contribution < -0.4 is 5.32 Å². The van der Waals surface area contributed by atoms with E-state index in [2.05, 4.69) is 28.3 Å². The van der Waals surface area contributed by atoms with Crippen LogP contribution in [0.1, 0.15) is 18.7 Å². The minimum Gasteiger partial charge on any atom is -0.468 e. The van der Waals surface area contributed by atoms with Crippen LogP contribution in [0.15, 0.2) is 58.4 Å². The molecule has 3 rings (SSSR count). The van der Waals surface area contributed by atoms with Gasteiger partial charge in [-0.25, -0.2) is 9.97 Å². The van der Waals surface area contributed by atoms with Gasteiger partial charge in [-0.3, -0.25) is 0 Å². The fraction of sp³-hybridized carbons (Fsp3) is 0.250. The van der Waals surface area contributed by atoms with Crippen molar-refractivity contribution in [3.05, 3.63) is 54.7 Å². The Bertz CT molecular complexity index is 694. The van der Waals surface area contributed by atoms with Crippen LogP contribution in [0.25, 0.3) is 10.9 Å². The number of para-hydroxylation sites is 1. The molecular weight excluding hydrogens is 282 g/mol. The summed E-state index contributed by atoms with van der Waals surface area (Å²) in [5, 5.41) is 5.60. The average Bonchev–Trinajstić information content (AvgIpc) is 3.06. The summed E-state index contributed by atoms with van der Waals surface area (Å²) < 4.78 is 5.38. The molecule has 4 nitrogen and oxygen atoms in total. The van der Waals surface area contributed by atoms with E-state index in [1.807, 2.05) is 30.3 Å². The number of nitrogens with one attached hydrogen (secondary N) is 1. The number of nitrogens with zero attached hydrogens (tertiary/aromatic N) is 2. The number of benzene rings is 1. The first-order chi connectivity index (χ1) is 10.3. The van der Waals surface area contributed by atoms with Crippen molar-refractivity contribution < 1.29 is 4.42 Å². The lowest BCUT2D eigenvalue weighted by Crippen LogP contribution is -2.20. The van der Waals surface area contributed by atoms with Crippen LogP contribution in [-0.4, -0.2) is 22.3 Å². The summed E-state index contributed by atoms with van der Waals surface area (Å²) in [5.41, 5.74) is 0.993. The van der Waals surface area contributed by atoms with Gasteiger partial charge in [0.15, 0.2) is 0 Å². The Kier molecular flexibility index (Phi) is 4.52. The lowest BCUT2D eigenvalue weighted by atomic mass is 10.2. The molecule has 1 N–H and O–H groups in total. The Labute approximate surface area is 128 Å². The second kappa shape index (κ2) is 6.74. The lowest BCUT2D eigenvalue weighted by molar-refractivity contribution is 0.438. The van der Waals surface area contributed by atoms with Crippen LogP contribution in [0, 0.1) is 0 Å². The second-order valence-corrected chi connectivity index (χ2v) is 5.82. The summed E-state index contributed by atoms with van der Waals surface area (Å²) in [6, 6.07) is 12.2. The zero-order valence-corrected chi connectivity index (χ0v) is 12.6. The minimum absolute atomic E-state index is 0.225. The molecule has 1 aromatic carbocycles. The van der Waals surface area contributed by atoms with Gasteiger partial charge < -0.3 is 9.73 Å². The van der Waals surface area contributed by atoms with Crippen LogP contribution in [-0.2, 0) is 0 Å². The first kappa shape index (κ1) is 14.1. The molecule has 3 aromatic rings. The third-order valence-corrected chi connectivity index (χ3v) is 4.27. The molecule has 21 heavy (non-hydrogen) atoms. The zero-order valence-electron chi connectivity index (χ0n) is 11.8. The Morgan fingerprint density at radius 3 is 2.95 bits per heavy atom.